The Hall–Kier alpha value is -1.95. The molecule has 0 aliphatic rings. The van der Waals surface area contributed by atoms with Crippen molar-refractivity contribution in [3.63, 3.8) is 0 Å². The highest BCUT2D eigenvalue weighted by molar-refractivity contribution is 5.96. The number of aliphatic hydroxyl groups is 1. The third-order valence-electron chi connectivity index (χ3n) is 2.90. The van der Waals surface area contributed by atoms with Crippen molar-refractivity contribution in [2.24, 2.45) is 0 Å². The number of benzene rings is 1. The van der Waals surface area contributed by atoms with E-state index >= 15 is 0 Å². The van der Waals surface area contributed by atoms with Gasteiger partial charge < -0.3 is 14.4 Å². The van der Waals surface area contributed by atoms with Crippen LogP contribution in [0.25, 0.3) is 11.0 Å². The van der Waals surface area contributed by atoms with Crippen LogP contribution >= 0.6 is 0 Å². The zero-order chi connectivity index (χ0) is 14.7. The van der Waals surface area contributed by atoms with Crippen LogP contribution in [0.2, 0.25) is 0 Å². The topological polar surface area (TPSA) is 53.7 Å². The molecule has 20 heavy (non-hydrogen) atoms. The Bertz CT molecular complexity index is 609. The standard InChI is InChI=1S/C14H15F2NO3/c1-9-2-3-11-10(6-9)7-12(20-11)14(19)17(4-5-18)8-13(15)16/h2-3,6-7,13,18H,4-5,8H2,1H3. The Morgan fingerprint density at radius 2 is 2.15 bits per heavy atom. The van der Waals surface area contributed by atoms with Crippen LogP contribution in [0.1, 0.15) is 16.1 Å². The molecule has 1 aromatic carbocycles. The largest absolute Gasteiger partial charge is 0.451 e. The normalized spacial score (nSPS) is 11.2. The van der Waals surface area contributed by atoms with Gasteiger partial charge in [-0.25, -0.2) is 8.78 Å². The van der Waals surface area contributed by atoms with Crippen LogP contribution < -0.4 is 0 Å². The van der Waals surface area contributed by atoms with E-state index in [0.29, 0.717) is 5.58 Å². The summed E-state index contributed by atoms with van der Waals surface area (Å²) in [7, 11) is 0. The number of fused-ring (bicyclic) bond motifs is 1. The van der Waals surface area contributed by atoms with E-state index in [1.165, 1.54) is 6.07 Å². The van der Waals surface area contributed by atoms with Gasteiger partial charge in [-0.1, -0.05) is 11.6 Å². The van der Waals surface area contributed by atoms with Crippen LogP contribution in [0.5, 0.6) is 0 Å². The molecule has 0 atom stereocenters. The minimum atomic E-state index is -2.66. The molecule has 6 heteroatoms. The molecule has 2 rings (SSSR count). The molecule has 0 saturated heterocycles. The lowest BCUT2D eigenvalue weighted by molar-refractivity contribution is 0.0485. The van der Waals surface area contributed by atoms with Gasteiger partial charge in [-0.3, -0.25) is 4.79 Å². The summed E-state index contributed by atoms with van der Waals surface area (Å²) in [5, 5.41) is 9.60. The molecule has 1 aromatic heterocycles. The van der Waals surface area contributed by atoms with Gasteiger partial charge >= 0.3 is 0 Å². The van der Waals surface area contributed by atoms with Gasteiger partial charge in [0.1, 0.15) is 5.58 Å². The molecule has 0 aliphatic heterocycles. The summed E-state index contributed by atoms with van der Waals surface area (Å²) >= 11 is 0. The molecule has 0 bridgehead atoms. The molecular formula is C14H15F2NO3. The third kappa shape index (κ3) is 3.14. The summed E-state index contributed by atoms with van der Waals surface area (Å²) in [6.07, 6.45) is -2.66. The summed E-state index contributed by atoms with van der Waals surface area (Å²) in [4.78, 5) is 13.0. The van der Waals surface area contributed by atoms with Crippen molar-refractivity contribution in [1.29, 1.82) is 0 Å². The molecule has 2 aromatic rings. The Morgan fingerprint density at radius 1 is 1.40 bits per heavy atom. The summed E-state index contributed by atoms with van der Waals surface area (Å²) in [5.41, 5.74) is 1.54. The van der Waals surface area contributed by atoms with Crippen LogP contribution in [0.3, 0.4) is 0 Å². The van der Waals surface area contributed by atoms with E-state index in [2.05, 4.69) is 0 Å². The number of alkyl halides is 2. The Labute approximate surface area is 114 Å². The van der Waals surface area contributed by atoms with Gasteiger partial charge in [-0.15, -0.1) is 0 Å². The second kappa shape index (κ2) is 6.00. The molecule has 0 spiro atoms. The maximum Gasteiger partial charge on any atom is 0.289 e. The van der Waals surface area contributed by atoms with Gasteiger partial charge in [0.15, 0.2) is 5.76 Å². The first kappa shape index (κ1) is 14.5. The summed E-state index contributed by atoms with van der Waals surface area (Å²) < 4.78 is 30.2. The van der Waals surface area contributed by atoms with E-state index < -0.39 is 18.9 Å². The second-order valence-electron chi connectivity index (χ2n) is 4.52. The van der Waals surface area contributed by atoms with Gasteiger partial charge in [-0.05, 0) is 25.1 Å². The average molecular weight is 283 g/mol. The van der Waals surface area contributed by atoms with E-state index in [1.54, 1.807) is 6.07 Å². The van der Waals surface area contributed by atoms with Crippen LogP contribution in [0, 0.1) is 6.92 Å². The molecule has 0 saturated carbocycles. The first-order valence-corrected chi connectivity index (χ1v) is 6.19. The molecule has 4 nitrogen and oxygen atoms in total. The average Bonchev–Trinajstić information content (AvgIpc) is 2.79. The van der Waals surface area contributed by atoms with Crippen LogP contribution in [0.15, 0.2) is 28.7 Å². The van der Waals surface area contributed by atoms with Crippen molar-refractivity contribution in [2.75, 3.05) is 19.7 Å². The van der Waals surface area contributed by atoms with E-state index in [4.69, 9.17) is 9.52 Å². The van der Waals surface area contributed by atoms with Gasteiger partial charge in [0.25, 0.3) is 12.3 Å². The number of aryl methyl sites for hydroxylation is 1. The predicted octanol–water partition coefficient (Wildman–Crippen LogP) is 2.44. The van der Waals surface area contributed by atoms with Gasteiger partial charge in [0, 0.05) is 11.9 Å². The molecular weight excluding hydrogens is 268 g/mol. The van der Waals surface area contributed by atoms with Crippen molar-refractivity contribution < 1.29 is 23.1 Å². The van der Waals surface area contributed by atoms with E-state index in [0.717, 1.165) is 15.8 Å². The number of aliphatic hydroxyl groups excluding tert-OH is 1. The highest BCUT2D eigenvalue weighted by Gasteiger charge is 2.22. The lowest BCUT2D eigenvalue weighted by atomic mass is 10.2. The van der Waals surface area contributed by atoms with Crippen LogP contribution in [0.4, 0.5) is 8.78 Å². The van der Waals surface area contributed by atoms with Gasteiger partial charge in [0.05, 0.1) is 13.2 Å². The number of amides is 1. The quantitative estimate of drug-likeness (QED) is 0.917. The van der Waals surface area contributed by atoms with Crippen molar-refractivity contribution in [3.8, 4) is 0 Å². The van der Waals surface area contributed by atoms with Crippen LogP contribution in [-0.4, -0.2) is 42.0 Å². The zero-order valence-electron chi connectivity index (χ0n) is 11.0. The number of hydrogen-bond acceptors (Lipinski definition) is 3. The summed E-state index contributed by atoms with van der Waals surface area (Å²) in [5.74, 6) is -0.645. The molecule has 0 fully saturated rings. The summed E-state index contributed by atoms with van der Waals surface area (Å²) in [6.45, 7) is 0.648. The van der Waals surface area contributed by atoms with Crippen molar-refractivity contribution in [3.05, 3.63) is 35.6 Å². The Kier molecular flexibility index (Phi) is 4.34. The van der Waals surface area contributed by atoms with Crippen LogP contribution in [-0.2, 0) is 0 Å². The fourth-order valence-corrected chi connectivity index (χ4v) is 1.99. The van der Waals surface area contributed by atoms with Crippen molar-refractivity contribution in [2.45, 2.75) is 13.3 Å². The molecule has 0 aliphatic carbocycles. The number of furan rings is 1. The number of nitrogens with zero attached hydrogens (tertiary/aromatic N) is 1. The van der Waals surface area contributed by atoms with Crippen molar-refractivity contribution >= 4 is 16.9 Å². The third-order valence-corrected chi connectivity index (χ3v) is 2.90. The number of hydrogen-bond donors (Lipinski definition) is 1. The summed E-state index contributed by atoms with van der Waals surface area (Å²) in [6, 6.07) is 6.94. The molecule has 108 valence electrons. The lowest BCUT2D eigenvalue weighted by Gasteiger charge is -2.19. The number of halogens is 2. The highest BCUT2D eigenvalue weighted by Crippen LogP contribution is 2.21. The maximum absolute atomic E-state index is 12.4. The Morgan fingerprint density at radius 3 is 2.80 bits per heavy atom. The van der Waals surface area contributed by atoms with Crippen molar-refractivity contribution in [1.82, 2.24) is 4.90 Å². The first-order chi connectivity index (χ1) is 9.51. The minimum absolute atomic E-state index is 0.000278. The predicted molar refractivity (Wildman–Crippen MR) is 69.9 cm³/mol. The maximum atomic E-state index is 12.4. The second-order valence-corrected chi connectivity index (χ2v) is 4.52. The van der Waals surface area contributed by atoms with E-state index in [1.807, 2.05) is 19.1 Å². The Balaban J connectivity index is 2.28. The fraction of sp³-hybridized carbons (Fsp3) is 0.357. The lowest BCUT2D eigenvalue weighted by Crippen LogP contribution is -2.37. The molecule has 1 amide bonds. The fourth-order valence-electron chi connectivity index (χ4n) is 1.99. The minimum Gasteiger partial charge on any atom is -0.451 e. The molecule has 1 heterocycles. The highest BCUT2D eigenvalue weighted by atomic mass is 19.3. The molecule has 0 radical (unpaired) electrons. The molecule has 0 unspecified atom stereocenters. The number of carbonyl (C=O) groups excluding carboxylic acids is 1. The van der Waals surface area contributed by atoms with Gasteiger partial charge in [0.2, 0.25) is 0 Å². The van der Waals surface area contributed by atoms with Gasteiger partial charge in [-0.2, -0.15) is 0 Å². The monoisotopic (exact) mass is 283 g/mol. The van der Waals surface area contributed by atoms with E-state index in [-0.39, 0.29) is 18.9 Å². The zero-order valence-corrected chi connectivity index (χ0v) is 11.0. The smallest absolute Gasteiger partial charge is 0.289 e. The number of rotatable bonds is 5. The van der Waals surface area contributed by atoms with E-state index in [9.17, 15) is 13.6 Å². The number of carbonyl (C=O) groups is 1. The SMILES string of the molecule is Cc1ccc2oc(C(=O)N(CCO)CC(F)F)cc2c1. The first-order valence-electron chi connectivity index (χ1n) is 6.19. The molecule has 1 N–H and O–H groups in total.